The van der Waals surface area contributed by atoms with E-state index in [-0.39, 0.29) is 0 Å². The Kier molecular flexibility index (Phi) is 3.69. The van der Waals surface area contributed by atoms with Crippen molar-refractivity contribution in [3.05, 3.63) is 54.4 Å². The van der Waals surface area contributed by atoms with E-state index >= 15 is 0 Å². The van der Waals surface area contributed by atoms with Crippen molar-refractivity contribution in [2.75, 3.05) is 11.9 Å². The van der Waals surface area contributed by atoms with Crippen LogP contribution in [0.5, 0.6) is 0 Å². The van der Waals surface area contributed by atoms with E-state index in [4.69, 9.17) is 0 Å². The van der Waals surface area contributed by atoms with Crippen molar-refractivity contribution in [2.24, 2.45) is 0 Å². The van der Waals surface area contributed by atoms with E-state index in [1.807, 2.05) is 12.1 Å². The summed E-state index contributed by atoms with van der Waals surface area (Å²) in [7, 11) is 0. The Labute approximate surface area is 124 Å². The predicted molar refractivity (Wildman–Crippen MR) is 86.2 cm³/mol. The molecule has 0 aliphatic carbocycles. The monoisotopic (exact) mass is 278 g/mol. The molecule has 2 aromatic heterocycles. The third kappa shape index (κ3) is 2.65. The summed E-state index contributed by atoms with van der Waals surface area (Å²) in [6.07, 6.45) is 3.61. The summed E-state index contributed by atoms with van der Waals surface area (Å²) in [4.78, 5) is 4.10. The van der Waals surface area contributed by atoms with Crippen molar-refractivity contribution >= 4 is 5.82 Å². The Morgan fingerprint density at radius 3 is 2.62 bits per heavy atom. The predicted octanol–water partition coefficient (Wildman–Crippen LogP) is 3.88. The fraction of sp³-hybridized carbons (Fsp3) is 0.176. The highest BCUT2D eigenvalue weighted by Gasteiger charge is 2.16. The zero-order valence-corrected chi connectivity index (χ0v) is 12.2. The van der Waals surface area contributed by atoms with Crippen LogP contribution in [0.3, 0.4) is 0 Å². The Bertz CT molecular complexity index is 732. The van der Waals surface area contributed by atoms with Gasteiger partial charge in [-0.2, -0.15) is 5.10 Å². The van der Waals surface area contributed by atoms with Crippen molar-refractivity contribution in [3.63, 3.8) is 0 Å². The lowest BCUT2D eigenvalue weighted by molar-refractivity contribution is 1.07. The summed E-state index contributed by atoms with van der Waals surface area (Å²) in [5, 5.41) is 10.9. The molecule has 0 bridgehead atoms. The first kappa shape index (κ1) is 13.4. The summed E-state index contributed by atoms with van der Waals surface area (Å²) in [5.74, 6) is 0.875. The number of aromatic nitrogens is 3. The van der Waals surface area contributed by atoms with Gasteiger partial charge in [0.1, 0.15) is 0 Å². The Balaban J connectivity index is 2.18. The number of benzene rings is 1. The highest BCUT2D eigenvalue weighted by molar-refractivity contribution is 5.88. The summed E-state index contributed by atoms with van der Waals surface area (Å²) in [6.45, 7) is 4.99. The maximum absolute atomic E-state index is 4.43. The van der Waals surface area contributed by atoms with Crippen molar-refractivity contribution in [3.8, 4) is 22.4 Å². The standard InChI is InChI=1S/C17H18N4/c1-3-19-17-15(13-7-9-18-10-8-13)16(20-21-17)14-6-4-5-12(2)11-14/h4-11H,3H2,1-2H3,(H2,19,20,21). The highest BCUT2D eigenvalue weighted by Crippen LogP contribution is 2.35. The van der Waals surface area contributed by atoms with Gasteiger partial charge in [-0.1, -0.05) is 23.8 Å². The first-order chi connectivity index (χ1) is 10.3. The van der Waals surface area contributed by atoms with Crippen molar-refractivity contribution in [1.29, 1.82) is 0 Å². The molecule has 4 heteroatoms. The topological polar surface area (TPSA) is 53.6 Å². The Morgan fingerprint density at radius 2 is 1.90 bits per heavy atom. The van der Waals surface area contributed by atoms with E-state index < -0.39 is 0 Å². The lowest BCUT2D eigenvalue weighted by Crippen LogP contribution is -1.98. The number of hydrogen-bond acceptors (Lipinski definition) is 3. The lowest BCUT2D eigenvalue weighted by atomic mass is 10.0. The van der Waals surface area contributed by atoms with Gasteiger partial charge in [-0.15, -0.1) is 0 Å². The molecule has 0 unspecified atom stereocenters. The van der Waals surface area contributed by atoms with Crippen LogP contribution >= 0.6 is 0 Å². The minimum Gasteiger partial charge on any atom is -0.368 e. The second-order valence-electron chi connectivity index (χ2n) is 4.96. The van der Waals surface area contributed by atoms with E-state index in [0.29, 0.717) is 0 Å². The van der Waals surface area contributed by atoms with Crippen LogP contribution in [0.2, 0.25) is 0 Å². The van der Waals surface area contributed by atoms with E-state index in [9.17, 15) is 0 Å². The second kappa shape index (κ2) is 5.79. The van der Waals surface area contributed by atoms with Crippen LogP contribution in [-0.2, 0) is 0 Å². The number of hydrogen-bond donors (Lipinski definition) is 2. The van der Waals surface area contributed by atoms with Gasteiger partial charge in [0.25, 0.3) is 0 Å². The lowest BCUT2D eigenvalue weighted by Gasteiger charge is -2.07. The molecule has 0 atom stereocenters. The smallest absolute Gasteiger partial charge is 0.156 e. The molecular weight excluding hydrogens is 260 g/mol. The molecule has 3 aromatic rings. The van der Waals surface area contributed by atoms with Crippen LogP contribution in [0, 0.1) is 6.92 Å². The van der Waals surface area contributed by atoms with Gasteiger partial charge < -0.3 is 5.32 Å². The molecule has 0 aliphatic rings. The number of nitrogens with zero attached hydrogens (tertiary/aromatic N) is 2. The highest BCUT2D eigenvalue weighted by atomic mass is 15.2. The maximum atomic E-state index is 4.43. The summed E-state index contributed by atoms with van der Waals surface area (Å²) in [5.41, 5.74) is 5.59. The molecule has 0 fully saturated rings. The summed E-state index contributed by atoms with van der Waals surface area (Å²) in [6, 6.07) is 12.4. The van der Waals surface area contributed by atoms with Crippen LogP contribution in [-0.4, -0.2) is 21.7 Å². The van der Waals surface area contributed by atoms with E-state index in [1.165, 1.54) is 5.56 Å². The number of anilines is 1. The SMILES string of the molecule is CCNc1n[nH]c(-c2cccc(C)c2)c1-c1ccncc1. The number of aryl methyl sites for hydroxylation is 1. The molecule has 1 aromatic carbocycles. The normalized spacial score (nSPS) is 10.6. The molecular formula is C17H18N4. The fourth-order valence-electron chi connectivity index (χ4n) is 2.45. The van der Waals surface area contributed by atoms with Crippen molar-refractivity contribution in [1.82, 2.24) is 15.2 Å². The van der Waals surface area contributed by atoms with E-state index in [0.717, 1.165) is 34.7 Å². The Hall–Kier alpha value is -2.62. The van der Waals surface area contributed by atoms with Crippen LogP contribution in [0.4, 0.5) is 5.82 Å². The number of pyridine rings is 1. The zero-order chi connectivity index (χ0) is 14.7. The molecule has 0 spiro atoms. The molecule has 106 valence electrons. The first-order valence-electron chi connectivity index (χ1n) is 7.09. The number of H-pyrrole nitrogens is 1. The van der Waals surface area contributed by atoms with Gasteiger partial charge in [0, 0.05) is 24.5 Å². The van der Waals surface area contributed by atoms with Gasteiger partial charge in [-0.3, -0.25) is 10.1 Å². The summed E-state index contributed by atoms with van der Waals surface area (Å²) >= 11 is 0. The molecule has 2 N–H and O–H groups in total. The molecule has 0 aliphatic heterocycles. The second-order valence-corrected chi connectivity index (χ2v) is 4.96. The molecule has 0 saturated heterocycles. The fourth-order valence-corrected chi connectivity index (χ4v) is 2.45. The van der Waals surface area contributed by atoms with Gasteiger partial charge in [0.15, 0.2) is 5.82 Å². The number of rotatable bonds is 4. The van der Waals surface area contributed by atoms with Gasteiger partial charge >= 0.3 is 0 Å². The van der Waals surface area contributed by atoms with Crippen LogP contribution in [0.15, 0.2) is 48.8 Å². The molecule has 0 amide bonds. The van der Waals surface area contributed by atoms with Crippen LogP contribution < -0.4 is 5.32 Å². The van der Waals surface area contributed by atoms with Crippen LogP contribution in [0.25, 0.3) is 22.4 Å². The molecule has 2 heterocycles. The van der Waals surface area contributed by atoms with Gasteiger partial charge in [-0.25, -0.2) is 0 Å². The summed E-state index contributed by atoms with van der Waals surface area (Å²) < 4.78 is 0. The van der Waals surface area contributed by atoms with Crippen molar-refractivity contribution < 1.29 is 0 Å². The molecule has 0 radical (unpaired) electrons. The quantitative estimate of drug-likeness (QED) is 0.761. The van der Waals surface area contributed by atoms with E-state index in [1.54, 1.807) is 12.4 Å². The number of nitrogens with one attached hydrogen (secondary N) is 2. The third-order valence-electron chi connectivity index (χ3n) is 3.39. The van der Waals surface area contributed by atoms with Gasteiger partial charge in [-0.05, 0) is 37.6 Å². The molecule has 21 heavy (non-hydrogen) atoms. The largest absolute Gasteiger partial charge is 0.368 e. The zero-order valence-electron chi connectivity index (χ0n) is 12.2. The van der Waals surface area contributed by atoms with Gasteiger partial charge in [0.2, 0.25) is 0 Å². The minimum absolute atomic E-state index is 0.830. The molecule has 3 rings (SSSR count). The maximum Gasteiger partial charge on any atom is 0.156 e. The van der Waals surface area contributed by atoms with E-state index in [2.05, 4.69) is 58.6 Å². The third-order valence-corrected chi connectivity index (χ3v) is 3.39. The molecule has 4 nitrogen and oxygen atoms in total. The van der Waals surface area contributed by atoms with Crippen molar-refractivity contribution in [2.45, 2.75) is 13.8 Å². The average molecular weight is 278 g/mol. The first-order valence-corrected chi connectivity index (χ1v) is 7.09. The van der Waals surface area contributed by atoms with Gasteiger partial charge in [0.05, 0.1) is 11.3 Å². The minimum atomic E-state index is 0.830. The van der Waals surface area contributed by atoms with Crippen LogP contribution in [0.1, 0.15) is 12.5 Å². The number of aromatic amines is 1. The Morgan fingerprint density at radius 1 is 1.10 bits per heavy atom. The average Bonchev–Trinajstić information content (AvgIpc) is 2.92. The molecule has 0 saturated carbocycles.